The molecule has 150 valence electrons. The van der Waals surface area contributed by atoms with Crippen molar-refractivity contribution in [1.29, 1.82) is 0 Å². The van der Waals surface area contributed by atoms with E-state index in [1.54, 1.807) is 47.1 Å². The number of fused-ring (bicyclic) bond motifs is 5. The number of anilines is 1. The van der Waals surface area contributed by atoms with E-state index in [1.807, 2.05) is 6.07 Å². The number of methoxy groups -OCH3 is 1. The molecule has 2 aromatic heterocycles. The second-order valence-electron chi connectivity index (χ2n) is 7.24. The Bertz CT molecular complexity index is 1080. The van der Waals surface area contributed by atoms with Gasteiger partial charge in [0.05, 0.1) is 12.2 Å². The average molecular weight is 395 g/mol. The van der Waals surface area contributed by atoms with Gasteiger partial charge in [-0.05, 0) is 17.7 Å². The van der Waals surface area contributed by atoms with Gasteiger partial charge in [-0.1, -0.05) is 0 Å². The number of phenols is 1. The largest absolute Gasteiger partial charge is 0.508 e. The van der Waals surface area contributed by atoms with Crippen LogP contribution in [0.2, 0.25) is 0 Å². The topological polar surface area (TPSA) is 101 Å². The second kappa shape index (κ2) is 6.93. The molecular formula is C20H21N5O4. The van der Waals surface area contributed by atoms with Crippen LogP contribution < -0.4 is 10.1 Å². The van der Waals surface area contributed by atoms with E-state index in [1.165, 1.54) is 0 Å². The van der Waals surface area contributed by atoms with Gasteiger partial charge in [0.15, 0.2) is 5.65 Å². The van der Waals surface area contributed by atoms with Gasteiger partial charge in [-0.2, -0.15) is 10.1 Å². The molecule has 29 heavy (non-hydrogen) atoms. The standard InChI is InChI=1S/C20H21N5O4/c1-28-17-9-14-11-29-18-2-4-25-19(23-18)16(10-22-25)12-6-13(8-15(26)7-12)21-3-5-24(14)20(17)27/h2,4,6-8,10,14,17,21,26H,3,5,9,11H2,1H3/t14-,17+/m0/s1. The number of ether oxygens (including phenoxy) is 2. The molecule has 0 saturated carbocycles. The lowest BCUT2D eigenvalue weighted by Gasteiger charge is -2.25. The van der Waals surface area contributed by atoms with Gasteiger partial charge in [0.25, 0.3) is 5.91 Å². The number of nitrogens with zero attached hydrogens (tertiary/aromatic N) is 4. The van der Waals surface area contributed by atoms with Crippen LogP contribution in [-0.4, -0.2) is 69.5 Å². The molecule has 4 heterocycles. The monoisotopic (exact) mass is 395 g/mol. The van der Waals surface area contributed by atoms with Gasteiger partial charge < -0.3 is 24.8 Å². The van der Waals surface area contributed by atoms with Gasteiger partial charge in [-0.3, -0.25) is 4.79 Å². The molecule has 0 radical (unpaired) electrons. The number of benzene rings is 1. The van der Waals surface area contributed by atoms with E-state index in [0.717, 1.165) is 16.8 Å². The van der Waals surface area contributed by atoms with Crippen molar-refractivity contribution < 1.29 is 19.4 Å². The lowest BCUT2D eigenvalue weighted by molar-refractivity contribution is -0.136. The summed E-state index contributed by atoms with van der Waals surface area (Å²) in [5, 5.41) is 17.8. The van der Waals surface area contributed by atoms with Crippen molar-refractivity contribution in [3.05, 3.63) is 36.7 Å². The minimum absolute atomic E-state index is 0.0342. The van der Waals surface area contributed by atoms with Crippen molar-refractivity contribution in [3.8, 4) is 22.8 Å². The molecule has 0 aliphatic carbocycles. The third-order valence-electron chi connectivity index (χ3n) is 5.45. The normalized spacial score (nSPS) is 21.6. The molecule has 2 aliphatic heterocycles. The first kappa shape index (κ1) is 17.7. The summed E-state index contributed by atoms with van der Waals surface area (Å²) in [5.41, 5.74) is 2.97. The zero-order chi connectivity index (χ0) is 20.0. The highest BCUT2D eigenvalue weighted by Crippen LogP contribution is 2.31. The molecule has 1 saturated heterocycles. The molecular weight excluding hydrogens is 374 g/mol. The summed E-state index contributed by atoms with van der Waals surface area (Å²) >= 11 is 0. The van der Waals surface area contributed by atoms with Crippen LogP contribution in [0.5, 0.6) is 11.6 Å². The molecule has 3 aromatic rings. The van der Waals surface area contributed by atoms with Crippen LogP contribution in [0.4, 0.5) is 5.69 Å². The highest BCUT2D eigenvalue weighted by Gasteiger charge is 2.39. The summed E-state index contributed by atoms with van der Waals surface area (Å²) in [6, 6.07) is 6.91. The molecule has 2 aliphatic rings. The van der Waals surface area contributed by atoms with Crippen LogP contribution in [0.25, 0.3) is 16.8 Å². The van der Waals surface area contributed by atoms with E-state index in [-0.39, 0.29) is 17.7 Å². The number of carbonyl (C=O) groups excluding carboxylic acids is 1. The van der Waals surface area contributed by atoms with Crippen molar-refractivity contribution in [2.45, 2.75) is 18.6 Å². The van der Waals surface area contributed by atoms with Crippen LogP contribution >= 0.6 is 0 Å². The van der Waals surface area contributed by atoms with Crippen molar-refractivity contribution in [2.24, 2.45) is 0 Å². The van der Waals surface area contributed by atoms with Crippen LogP contribution in [0.15, 0.2) is 36.7 Å². The molecule has 1 fully saturated rings. The van der Waals surface area contributed by atoms with Crippen LogP contribution in [0, 0.1) is 0 Å². The number of rotatable bonds is 1. The summed E-state index contributed by atoms with van der Waals surface area (Å²) in [4.78, 5) is 19.0. The molecule has 0 unspecified atom stereocenters. The fourth-order valence-electron chi connectivity index (χ4n) is 4.00. The highest BCUT2D eigenvalue weighted by molar-refractivity contribution is 5.84. The van der Waals surface area contributed by atoms with E-state index >= 15 is 0 Å². The summed E-state index contributed by atoms with van der Waals surface area (Å²) < 4.78 is 13.0. The summed E-state index contributed by atoms with van der Waals surface area (Å²) in [5.74, 6) is 0.564. The molecule has 9 nitrogen and oxygen atoms in total. The minimum atomic E-state index is -0.455. The number of nitrogens with one attached hydrogen (secondary N) is 1. The number of carbonyl (C=O) groups is 1. The van der Waals surface area contributed by atoms with Gasteiger partial charge in [-0.25, -0.2) is 4.52 Å². The third kappa shape index (κ3) is 3.13. The van der Waals surface area contributed by atoms with E-state index < -0.39 is 6.10 Å². The molecule has 2 atom stereocenters. The summed E-state index contributed by atoms with van der Waals surface area (Å²) in [6.45, 7) is 1.38. The van der Waals surface area contributed by atoms with Crippen LogP contribution in [0.3, 0.4) is 0 Å². The Morgan fingerprint density at radius 2 is 2.24 bits per heavy atom. The van der Waals surface area contributed by atoms with E-state index in [9.17, 15) is 9.90 Å². The molecule has 4 bridgehead atoms. The average Bonchev–Trinajstić information content (AvgIpc) is 3.26. The van der Waals surface area contributed by atoms with Gasteiger partial charge in [0, 0.05) is 56.2 Å². The third-order valence-corrected chi connectivity index (χ3v) is 5.45. The zero-order valence-electron chi connectivity index (χ0n) is 15.9. The van der Waals surface area contributed by atoms with E-state index in [4.69, 9.17) is 9.47 Å². The Morgan fingerprint density at radius 3 is 3.10 bits per heavy atom. The van der Waals surface area contributed by atoms with Crippen LogP contribution in [0.1, 0.15) is 6.42 Å². The number of phenolic OH excluding ortho intramolecular Hbond substituents is 1. The first-order valence-electron chi connectivity index (χ1n) is 9.51. The maximum Gasteiger partial charge on any atom is 0.252 e. The molecule has 9 heteroatoms. The Hall–Kier alpha value is -3.33. The number of aromatic nitrogens is 3. The highest BCUT2D eigenvalue weighted by atomic mass is 16.5. The molecule has 1 aromatic carbocycles. The first-order valence-corrected chi connectivity index (χ1v) is 9.51. The lowest BCUT2D eigenvalue weighted by atomic mass is 10.1. The molecule has 1 amide bonds. The Balaban J connectivity index is 1.58. The van der Waals surface area contributed by atoms with Crippen molar-refractivity contribution >= 4 is 17.2 Å². The Labute approximate surface area is 166 Å². The van der Waals surface area contributed by atoms with Crippen LogP contribution in [-0.2, 0) is 9.53 Å². The minimum Gasteiger partial charge on any atom is -0.508 e. The number of hydrogen-bond donors (Lipinski definition) is 2. The van der Waals surface area contributed by atoms with Gasteiger partial charge in [0.1, 0.15) is 18.5 Å². The maximum atomic E-state index is 12.7. The van der Waals surface area contributed by atoms with Gasteiger partial charge in [-0.15, -0.1) is 0 Å². The molecule has 5 rings (SSSR count). The quantitative estimate of drug-likeness (QED) is 0.644. The fraction of sp³-hybridized carbons (Fsp3) is 0.350. The SMILES string of the molecule is CO[C@@H]1C[C@H]2COc3ccn4ncc(c4n3)-c3cc(O)cc(c3)NCCN2C1=O. The summed E-state index contributed by atoms with van der Waals surface area (Å²) in [7, 11) is 1.55. The van der Waals surface area contributed by atoms with Gasteiger partial charge >= 0.3 is 0 Å². The number of hydrogen-bond acceptors (Lipinski definition) is 7. The second-order valence-corrected chi connectivity index (χ2v) is 7.24. The number of amides is 1. The smallest absolute Gasteiger partial charge is 0.252 e. The van der Waals surface area contributed by atoms with Crippen molar-refractivity contribution in [1.82, 2.24) is 19.5 Å². The van der Waals surface area contributed by atoms with E-state index in [0.29, 0.717) is 37.6 Å². The molecule has 0 spiro atoms. The van der Waals surface area contributed by atoms with E-state index in [2.05, 4.69) is 15.4 Å². The lowest BCUT2D eigenvalue weighted by Crippen LogP contribution is -2.41. The predicted octanol–water partition coefficient (Wildman–Crippen LogP) is 1.52. The molecule has 2 N–H and O–H groups in total. The van der Waals surface area contributed by atoms with Crippen molar-refractivity contribution in [2.75, 3.05) is 32.1 Å². The maximum absolute atomic E-state index is 12.7. The Morgan fingerprint density at radius 1 is 1.34 bits per heavy atom. The first-order chi connectivity index (χ1) is 14.1. The number of aromatic hydroxyl groups is 1. The van der Waals surface area contributed by atoms with Gasteiger partial charge in [0.2, 0.25) is 5.88 Å². The predicted molar refractivity (Wildman–Crippen MR) is 105 cm³/mol. The Kier molecular flexibility index (Phi) is 4.24. The zero-order valence-corrected chi connectivity index (χ0v) is 15.9. The fourth-order valence-corrected chi connectivity index (χ4v) is 4.00. The summed E-state index contributed by atoms with van der Waals surface area (Å²) in [6.07, 6.45) is 3.62. The van der Waals surface area contributed by atoms with Crippen molar-refractivity contribution in [3.63, 3.8) is 0 Å².